The van der Waals surface area contributed by atoms with Gasteiger partial charge in [0, 0.05) is 11.1 Å². The van der Waals surface area contributed by atoms with Crippen molar-refractivity contribution in [3.63, 3.8) is 0 Å². The van der Waals surface area contributed by atoms with Gasteiger partial charge >= 0.3 is 5.97 Å². The fourth-order valence-electron chi connectivity index (χ4n) is 1.74. The van der Waals surface area contributed by atoms with Gasteiger partial charge < -0.3 is 19.3 Å². The monoisotopic (exact) mass is 338 g/mol. The summed E-state index contributed by atoms with van der Waals surface area (Å²) in [5, 5.41) is 6.61. The molecule has 1 N–H and O–H groups in total. The number of nitrogens with one attached hydrogen (secondary N) is 1. The Balaban J connectivity index is 2.03. The summed E-state index contributed by atoms with van der Waals surface area (Å²) in [4.78, 5) is 24.0. The molecule has 0 radical (unpaired) electrons. The molecule has 1 aromatic carbocycles. The first kappa shape index (κ1) is 16.8. The Labute approximate surface area is 137 Å². The number of ether oxygens (including phenoxy) is 2. The van der Waals surface area contributed by atoms with Crippen molar-refractivity contribution in [2.45, 2.75) is 20.0 Å². The fourth-order valence-corrected chi connectivity index (χ4v) is 1.92. The number of nitrogens with zero attached hydrogens (tertiary/aromatic N) is 1. The highest BCUT2D eigenvalue weighted by atomic mass is 35.5. The number of carbonyl (C=O) groups is 2. The second kappa shape index (κ2) is 7.15. The van der Waals surface area contributed by atoms with Gasteiger partial charge in [-0.1, -0.05) is 16.8 Å². The normalized spacial score (nSPS) is 11.7. The maximum absolute atomic E-state index is 12.1. The van der Waals surface area contributed by atoms with Crippen molar-refractivity contribution in [1.82, 2.24) is 5.16 Å². The molecule has 1 atom stereocenters. The molecule has 1 aromatic heterocycles. The molecule has 0 bridgehead atoms. The molecule has 0 spiro atoms. The number of benzene rings is 1. The van der Waals surface area contributed by atoms with Crippen LogP contribution in [0.4, 0.5) is 5.69 Å². The minimum absolute atomic E-state index is 0.0671. The van der Waals surface area contributed by atoms with Crippen LogP contribution in [0, 0.1) is 6.92 Å². The van der Waals surface area contributed by atoms with Crippen molar-refractivity contribution in [2.24, 2.45) is 0 Å². The number of hydrogen-bond donors (Lipinski definition) is 1. The van der Waals surface area contributed by atoms with Crippen LogP contribution in [0.5, 0.6) is 5.75 Å². The zero-order valence-electron chi connectivity index (χ0n) is 12.8. The molecule has 1 amide bonds. The Morgan fingerprint density at radius 1 is 1.35 bits per heavy atom. The maximum Gasteiger partial charge on any atom is 0.377 e. The Bertz CT molecular complexity index is 728. The molecule has 122 valence electrons. The zero-order valence-corrected chi connectivity index (χ0v) is 13.5. The third kappa shape index (κ3) is 4.23. The molecule has 0 aliphatic heterocycles. The van der Waals surface area contributed by atoms with E-state index in [0.29, 0.717) is 22.2 Å². The molecule has 0 unspecified atom stereocenters. The van der Waals surface area contributed by atoms with E-state index in [1.54, 1.807) is 19.1 Å². The highest BCUT2D eigenvalue weighted by molar-refractivity contribution is 6.31. The largest absolute Gasteiger partial charge is 0.495 e. The molecular formula is C15H15ClN2O5. The second-order valence-corrected chi connectivity index (χ2v) is 5.15. The summed E-state index contributed by atoms with van der Waals surface area (Å²) in [6, 6.07) is 6.21. The Morgan fingerprint density at radius 3 is 2.70 bits per heavy atom. The molecule has 8 heteroatoms. The standard InChI is InChI=1S/C15H15ClN2O5/c1-8-6-13(23-18-8)15(20)22-9(2)14(19)17-11-7-10(16)4-5-12(11)21-3/h4-7,9H,1-3H3,(H,17,19)/t9-/m0/s1. The number of amides is 1. The van der Waals surface area contributed by atoms with E-state index in [9.17, 15) is 9.59 Å². The van der Waals surface area contributed by atoms with E-state index < -0.39 is 18.0 Å². The number of anilines is 1. The third-order valence-corrected chi connectivity index (χ3v) is 3.14. The molecule has 0 aliphatic carbocycles. The van der Waals surface area contributed by atoms with Crippen LogP contribution >= 0.6 is 11.6 Å². The van der Waals surface area contributed by atoms with Gasteiger partial charge in [-0.3, -0.25) is 4.79 Å². The van der Waals surface area contributed by atoms with Crippen molar-refractivity contribution in [1.29, 1.82) is 0 Å². The predicted octanol–water partition coefficient (Wildman–Crippen LogP) is 2.83. The Morgan fingerprint density at radius 2 is 2.09 bits per heavy atom. The van der Waals surface area contributed by atoms with E-state index in [2.05, 4.69) is 10.5 Å². The lowest BCUT2D eigenvalue weighted by Crippen LogP contribution is -2.30. The van der Waals surface area contributed by atoms with Crippen molar-refractivity contribution in [3.8, 4) is 5.75 Å². The van der Waals surface area contributed by atoms with Crippen LogP contribution in [0.15, 0.2) is 28.8 Å². The lowest BCUT2D eigenvalue weighted by molar-refractivity contribution is -0.123. The van der Waals surface area contributed by atoms with E-state index in [-0.39, 0.29) is 5.76 Å². The molecule has 0 fully saturated rings. The van der Waals surface area contributed by atoms with Gasteiger partial charge in [-0.25, -0.2) is 4.79 Å². The minimum atomic E-state index is -1.04. The van der Waals surface area contributed by atoms with Crippen molar-refractivity contribution >= 4 is 29.2 Å². The number of hydrogen-bond acceptors (Lipinski definition) is 6. The number of methoxy groups -OCH3 is 1. The maximum atomic E-state index is 12.1. The van der Waals surface area contributed by atoms with Crippen LogP contribution in [-0.4, -0.2) is 30.2 Å². The van der Waals surface area contributed by atoms with Gasteiger partial charge in [-0.05, 0) is 32.0 Å². The number of carbonyl (C=O) groups excluding carboxylic acids is 2. The van der Waals surface area contributed by atoms with Crippen LogP contribution in [0.3, 0.4) is 0 Å². The number of esters is 1. The van der Waals surface area contributed by atoms with Gasteiger partial charge in [0.15, 0.2) is 6.10 Å². The van der Waals surface area contributed by atoms with E-state index >= 15 is 0 Å². The first-order chi connectivity index (χ1) is 10.9. The number of rotatable bonds is 5. The van der Waals surface area contributed by atoms with Crippen molar-refractivity contribution < 1.29 is 23.6 Å². The first-order valence-electron chi connectivity index (χ1n) is 6.69. The average molecular weight is 339 g/mol. The number of aryl methyl sites for hydroxylation is 1. The Kier molecular flexibility index (Phi) is 5.23. The van der Waals surface area contributed by atoms with Gasteiger partial charge in [-0.2, -0.15) is 0 Å². The summed E-state index contributed by atoms with van der Waals surface area (Å²) in [5.41, 5.74) is 0.918. The summed E-state index contributed by atoms with van der Waals surface area (Å²) in [6.07, 6.45) is -1.04. The van der Waals surface area contributed by atoms with Crippen LogP contribution in [0.1, 0.15) is 23.2 Å². The summed E-state index contributed by atoms with van der Waals surface area (Å²) in [5.74, 6) is -0.934. The third-order valence-electron chi connectivity index (χ3n) is 2.90. The van der Waals surface area contributed by atoms with E-state index in [0.717, 1.165) is 0 Å². The summed E-state index contributed by atoms with van der Waals surface area (Å²) < 4.78 is 14.9. The molecule has 23 heavy (non-hydrogen) atoms. The molecule has 7 nitrogen and oxygen atoms in total. The summed E-state index contributed by atoms with van der Waals surface area (Å²) in [6.45, 7) is 3.11. The average Bonchev–Trinajstić information content (AvgIpc) is 2.94. The molecule has 1 heterocycles. The van der Waals surface area contributed by atoms with Crippen molar-refractivity contribution in [3.05, 3.63) is 40.7 Å². The number of halogens is 1. The van der Waals surface area contributed by atoms with Gasteiger partial charge in [0.2, 0.25) is 5.76 Å². The Hall–Kier alpha value is -2.54. The highest BCUT2D eigenvalue weighted by Gasteiger charge is 2.22. The predicted molar refractivity (Wildman–Crippen MR) is 82.8 cm³/mol. The highest BCUT2D eigenvalue weighted by Crippen LogP contribution is 2.27. The fraction of sp³-hybridized carbons (Fsp3) is 0.267. The van der Waals surface area contributed by atoms with E-state index in [1.807, 2.05) is 0 Å². The zero-order chi connectivity index (χ0) is 17.0. The minimum Gasteiger partial charge on any atom is -0.495 e. The van der Waals surface area contributed by atoms with E-state index in [1.165, 1.54) is 26.2 Å². The molecule has 2 aromatic rings. The topological polar surface area (TPSA) is 90.7 Å². The lowest BCUT2D eigenvalue weighted by Gasteiger charge is -2.14. The van der Waals surface area contributed by atoms with Gasteiger partial charge in [0.25, 0.3) is 5.91 Å². The quantitative estimate of drug-likeness (QED) is 0.843. The van der Waals surface area contributed by atoms with E-state index in [4.69, 9.17) is 25.6 Å². The molecule has 0 saturated carbocycles. The van der Waals surface area contributed by atoms with Crippen LogP contribution < -0.4 is 10.1 Å². The van der Waals surface area contributed by atoms with Crippen LogP contribution in [-0.2, 0) is 9.53 Å². The lowest BCUT2D eigenvalue weighted by atomic mass is 10.2. The summed E-state index contributed by atoms with van der Waals surface area (Å²) >= 11 is 5.89. The van der Waals surface area contributed by atoms with Gasteiger partial charge in [0.1, 0.15) is 5.75 Å². The molecule has 2 rings (SSSR count). The SMILES string of the molecule is COc1ccc(Cl)cc1NC(=O)[C@H](C)OC(=O)c1cc(C)no1. The molecular weight excluding hydrogens is 324 g/mol. The van der Waals surface area contributed by atoms with Gasteiger partial charge in [0.05, 0.1) is 18.5 Å². The van der Waals surface area contributed by atoms with Crippen LogP contribution in [0.2, 0.25) is 5.02 Å². The molecule has 0 aliphatic rings. The first-order valence-corrected chi connectivity index (χ1v) is 7.07. The summed E-state index contributed by atoms with van der Waals surface area (Å²) in [7, 11) is 1.47. The number of aromatic nitrogens is 1. The van der Waals surface area contributed by atoms with Crippen LogP contribution in [0.25, 0.3) is 0 Å². The second-order valence-electron chi connectivity index (χ2n) is 4.71. The smallest absolute Gasteiger partial charge is 0.377 e. The van der Waals surface area contributed by atoms with Crippen molar-refractivity contribution in [2.75, 3.05) is 12.4 Å². The molecule has 0 saturated heterocycles. The van der Waals surface area contributed by atoms with Gasteiger partial charge in [-0.15, -0.1) is 0 Å².